The molecule has 2 heterocycles. The fourth-order valence-corrected chi connectivity index (χ4v) is 3.85. The van der Waals surface area contributed by atoms with Crippen molar-refractivity contribution in [2.75, 3.05) is 51.2 Å². The number of aliphatic imine (C=N–C) groups is 1. The van der Waals surface area contributed by atoms with E-state index in [4.69, 9.17) is 0 Å². The molecule has 1 aromatic carbocycles. The predicted molar refractivity (Wildman–Crippen MR) is 113 cm³/mol. The highest BCUT2D eigenvalue weighted by Crippen LogP contribution is 2.19. The van der Waals surface area contributed by atoms with Gasteiger partial charge in [0.1, 0.15) is 11.6 Å². The summed E-state index contributed by atoms with van der Waals surface area (Å²) in [6.07, 6.45) is 0.848. The maximum Gasteiger partial charge on any atom is 0.254 e. The third kappa shape index (κ3) is 5.41. The molecule has 0 spiro atoms. The standard InChI is InChI=1S/C19H26FN7OS/c1-3-16-24-19(29-25-16)27-12-10-26(11-13-27)18(21-2)23-9-8-22-17(28)14-6-4-5-7-15(14)20/h4-7H,3,8-13H2,1-2H3,(H,21,23)(H,22,28). The number of carbonyl (C=O) groups excluding carboxylic acids is 1. The molecule has 0 bridgehead atoms. The topological polar surface area (TPSA) is 85.8 Å². The Bertz CT molecular complexity index is 849. The van der Waals surface area contributed by atoms with E-state index in [0.717, 1.165) is 49.5 Å². The molecule has 3 rings (SSSR count). The third-order valence-electron chi connectivity index (χ3n) is 4.65. The summed E-state index contributed by atoms with van der Waals surface area (Å²) in [4.78, 5) is 25.3. The lowest BCUT2D eigenvalue weighted by Gasteiger charge is -2.36. The molecule has 1 amide bonds. The van der Waals surface area contributed by atoms with E-state index in [1.807, 2.05) is 0 Å². The Labute approximate surface area is 174 Å². The molecule has 1 aromatic heterocycles. The Morgan fingerprint density at radius 3 is 2.59 bits per heavy atom. The molecule has 1 aliphatic rings. The number of anilines is 1. The van der Waals surface area contributed by atoms with Crippen molar-refractivity contribution in [1.82, 2.24) is 24.9 Å². The molecule has 156 valence electrons. The number of aromatic nitrogens is 2. The van der Waals surface area contributed by atoms with Crippen LogP contribution in [0.4, 0.5) is 9.52 Å². The van der Waals surface area contributed by atoms with E-state index in [1.54, 1.807) is 19.2 Å². The molecule has 1 fully saturated rings. The van der Waals surface area contributed by atoms with Crippen molar-refractivity contribution in [3.63, 3.8) is 0 Å². The second-order valence-corrected chi connectivity index (χ2v) is 7.26. The Morgan fingerprint density at radius 2 is 1.93 bits per heavy atom. The minimum atomic E-state index is -0.520. The van der Waals surface area contributed by atoms with E-state index in [1.165, 1.54) is 23.7 Å². The Kier molecular flexibility index (Phi) is 7.34. The van der Waals surface area contributed by atoms with Gasteiger partial charge in [-0.15, -0.1) is 0 Å². The predicted octanol–water partition coefficient (Wildman–Crippen LogP) is 1.37. The fraction of sp³-hybridized carbons (Fsp3) is 0.474. The summed E-state index contributed by atoms with van der Waals surface area (Å²) < 4.78 is 18.0. The highest BCUT2D eigenvalue weighted by atomic mass is 32.1. The van der Waals surface area contributed by atoms with Crippen LogP contribution in [0.2, 0.25) is 0 Å². The first-order valence-electron chi connectivity index (χ1n) is 9.68. The van der Waals surface area contributed by atoms with E-state index in [0.29, 0.717) is 13.1 Å². The van der Waals surface area contributed by atoms with E-state index < -0.39 is 11.7 Å². The second kappa shape index (κ2) is 10.1. The van der Waals surface area contributed by atoms with Gasteiger partial charge in [0, 0.05) is 64.3 Å². The zero-order valence-electron chi connectivity index (χ0n) is 16.7. The molecule has 0 unspecified atom stereocenters. The number of halogens is 1. The molecule has 2 aromatic rings. The van der Waals surface area contributed by atoms with Gasteiger partial charge in [-0.25, -0.2) is 9.37 Å². The summed E-state index contributed by atoms with van der Waals surface area (Å²) in [6.45, 7) is 6.27. The average Bonchev–Trinajstić information content (AvgIpc) is 3.23. The molecule has 0 saturated carbocycles. The first kappa shape index (κ1) is 21.0. The van der Waals surface area contributed by atoms with Crippen LogP contribution in [0.1, 0.15) is 23.1 Å². The number of nitrogens with one attached hydrogen (secondary N) is 2. The minimum absolute atomic E-state index is 0.0518. The molecule has 0 atom stereocenters. The molecule has 29 heavy (non-hydrogen) atoms. The maximum atomic E-state index is 13.6. The van der Waals surface area contributed by atoms with Gasteiger partial charge < -0.3 is 20.4 Å². The third-order valence-corrected chi connectivity index (χ3v) is 5.46. The number of nitrogens with zero attached hydrogens (tertiary/aromatic N) is 5. The second-order valence-electron chi connectivity index (χ2n) is 6.53. The van der Waals surface area contributed by atoms with Crippen LogP contribution in [0.15, 0.2) is 29.3 Å². The number of aryl methyl sites for hydroxylation is 1. The van der Waals surface area contributed by atoms with Crippen molar-refractivity contribution < 1.29 is 9.18 Å². The zero-order valence-corrected chi connectivity index (χ0v) is 17.5. The van der Waals surface area contributed by atoms with Crippen LogP contribution in [-0.2, 0) is 6.42 Å². The Morgan fingerprint density at radius 1 is 1.21 bits per heavy atom. The number of hydrogen-bond donors (Lipinski definition) is 2. The van der Waals surface area contributed by atoms with Crippen molar-refractivity contribution >= 4 is 28.5 Å². The van der Waals surface area contributed by atoms with E-state index in [2.05, 4.69) is 41.7 Å². The number of carbonyl (C=O) groups is 1. The van der Waals surface area contributed by atoms with Crippen molar-refractivity contribution in [2.24, 2.45) is 4.99 Å². The summed E-state index contributed by atoms with van der Waals surface area (Å²) in [7, 11) is 1.74. The van der Waals surface area contributed by atoms with Gasteiger partial charge in [0.2, 0.25) is 5.13 Å². The van der Waals surface area contributed by atoms with Crippen LogP contribution in [0.3, 0.4) is 0 Å². The van der Waals surface area contributed by atoms with Gasteiger partial charge >= 0.3 is 0 Å². The highest BCUT2D eigenvalue weighted by molar-refractivity contribution is 7.09. The molecule has 1 saturated heterocycles. The van der Waals surface area contributed by atoms with E-state index >= 15 is 0 Å². The van der Waals surface area contributed by atoms with Gasteiger partial charge in [0.05, 0.1) is 5.56 Å². The first-order valence-corrected chi connectivity index (χ1v) is 10.5. The van der Waals surface area contributed by atoms with Crippen molar-refractivity contribution in [2.45, 2.75) is 13.3 Å². The molecular formula is C19H26FN7OS. The number of benzene rings is 1. The molecule has 10 heteroatoms. The number of piperazine rings is 1. The number of guanidine groups is 1. The molecule has 0 radical (unpaired) electrons. The monoisotopic (exact) mass is 419 g/mol. The largest absolute Gasteiger partial charge is 0.354 e. The van der Waals surface area contributed by atoms with Crippen molar-refractivity contribution in [3.05, 3.63) is 41.5 Å². The summed E-state index contributed by atoms with van der Waals surface area (Å²) in [5, 5.41) is 6.95. The van der Waals surface area contributed by atoms with Crippen LogP contribution in [0, 0.1) is 5.82 Å². The summed E-state index contributed by atoms with van der Waals surface area (Å²) >= 11 is 1.45. The van der Waals surface area contributed by atoms with Gasteiger partial charge in [-0.2, -0.15) is 4.37 Å². The van der Waals surface area contributed by atoms with Gasteiger partial charge in [-0.1, -0.05) is 19.1 Å². The lowest BCUT2D eigenvalue weighted by atomic mass is 10.2. The smallest absolute Gasteiger partial charge is 0.254 e. The summed E-state index contributed by atoms with van der Waals surface area (Å²) in [6, 6.07) is 5.95. The fourth-order valence-electron chi connectivity index (χ4n) is 3.05. The number of rotatable bonds is 6. The Hall–Kier alpha value is -2.75. The van der Waals surface area contributed by atoms with Crippen LogP contribution < -0.4 is 15.5 Å². The summed E-state index contributed by atoms with van der Waals surface area (Å²) in [5.74, 6) is 0.740. The molecule has 1 aliphatic heterocycles. The number of hydrogen-bond acceptors (Lipinski definition) is 6. The van der Waals surface area contributed by atoms with Crippen LogP contribution in [0.25, 0.3) is 0 Å². The van der Waals surface area contributed by atoms with Gasteiger partial charge in [-0.05, 0) is 12.1 Å². The lowest BCUT2D eigenvalue weighted by Crippen LogP contribution is -2.53. The molecule has 8 nitrogen and oxygen atoms in total. The molecule has 0 aliphatic carbocycles. The van der Waals surface area contributed by atoms with Crippen LogP contribution >= 0.6 is 11.5 Å². The normalized spacial score (nSPS) is 14.8. The quantitative estimate of drug-likeness (QED) is 0.418. The lowest BCUT2D eigenvalue weighted by molar-refractivity contribution is 0.0950. The molecule has 2 N–H and O–H groups in total. The van der Waals surface area contributed by atoms with Crippen LogP contribution in [-0.4, -0.2) is 72.4 Å². The zero-order chi connectivity index (χ0) is 20.6. The van der Waals surface area contributed by atoms with Gasteiger partial charge in [0.15, 0.2) is 5.96 Å². The first-order chi connectivity index (χ1) is 14.1. The van der Waals surface area contributed by atoms with Gasteiger partial charge in [0.25, 0.3) is 5.91 Å². The van der Waals surface area contributed by atoms with Gasteiger partial charge in [-0.3, -0.25) is 9.79 Å². The minimum Gasteiger partial charge on any atom is -0.354 e. The van der Waals surface area contributed by atoms with Crippen LogP contribution in [0.5, 0.6) is 0 Å². The Balaban J connectivity index is 1.42. The van der Waals surface area contributed by atoms with Crippen molar-refractivity contribution in [1.29, 1.82) is 0 Å². The number of amides is 1. The van der Waals surface area contributed by atoms with E-state index in [9.17, 15) is 9.18 Å². The average molecular weight is 420 g/mol. The van der Waals surface area contributed by atoms with Crippen molar-refractivity contribution in [3.8, 4) is 0 Å². The maximum absolute atomic E-state index is 13.6. The SMILES string of the molecule is CCc1nsc(N2CCN(C(=NC)NCCNC(=O)c3ccccc3F)CC2)n1. The molecular weight excluding hydrogens is 393 g/mol. The van der Waals surface area contributed by atoms with E-state index in [-0.39, 0.29) is 5.56 Å². The summed E-state index contributed by atoms with van der Waals surface area (Å²) in [5.41, 5.74) is 0.0518. The highest BCUT2D eigenvalue weighted by Gasteiger charge is 2.22.